The van der Waals surface area contributed by atoms with E-state index in [-0.39, 0.29) is 22.6 Å². The molecule has 2 heterocycles. The Kier molecular flexibility index (Phi) is 6.05. The van der Waals surface area contributed by atoms with Crippen molar-refractivity contribution in [3.8, 4) is 0 Å². The monoisotopic (exact) mass is 389 g/mol. The van der Waals surface area contributed by atoms with Crippen molar-refractivity contribution in [2.45, 2.75) is 56.9 Å². The van der Waals surface area contributed by atoms with Crippen LogP contribution in [-0.4, -0.2) is 31.5 Å². The minimum atomic E-state index is -3.27. The third-order valence-corrected chi connectivity index (χ3v) is 6.96. The smallest absolute Gasteiger partial charge is 0.254 e. The molecule has 1 aromatic heterocycles. The van der Waals surface area contributed by atoms with Gasteiger partial charge in [0.25, 0.3) is 5.91 Å². The van der Waals surface area contributed by atoms with Gasteiger partial charge >= 0.3 is 0 Å². The number of benzene rings is 1. The van der Waals surface area contributed by atoms with Gasteiger partial charge in [-0.15, -0.1) is 0 Å². The van der Waals surface area contributed by atoms with Crippen molar-refractivity contribution < 1.29 is 17.6 Å². The maximum absolute atomic E-state index is 13.2. The Hall–Kier alpha value is -2.08. The largest absolute Gasteiger partial charge is 0.464 e. The van der Waals surface area contributed by atoms with Crippen molar-refractivity contribution in [1.82, 2.24) is 4.90 Å². The summed E-state index contributed by atoms with van der Waals surface area (Å²) in [6, 6.07) is 10.2. The van der Waals surface area contributed by atoms with Crippen molar-refractivity contribution >= 4 is 15.7 Å². The van der Waals surface area contributed by atoms with E-state index in [0.29, 0.717) is 12.1 Å². The van der Waals surface area contributed by atoms with Crippen molar-refractivity contribution in [2.24, 2.45) is 0 Å². The Morgan fingerprint density at radius 1 is 1.07 bits per heavy atom. The van der Waals surface area contributed by atoms with Gasteiger partial charge in [0.1, 0.15) is 11.5 Å². The van der Waals surface area contributed by atoms with Crippen molar-refractivity contribution in [3.63, 3.8) is 0 Å². The number of aryl methyl sites for hydroxylation is 1. The summed E-state index contributed by atoms with van der Waals surface area (Å²) in [5, 5.41) is 0. The van der Waals surface area contributed by atoms with Gasteiger partial charge < -0.3 is 9.32 Å². The number of carbonyl (C=O) groups is 1. The molecule has 1 amide bonds. The molecule has 0 saturated carbocycles. The lowest BCUT2D eigenvalue weighted by Crippen LogP contribution is -2.34. The summed E-state index contributed by atoms with van der Waals surface area (Å²) >= 11 is 0. The van der Waals surface area contributed by atoms with E-state index >= 15 is 0 Å². The van der Waals surface area contributed by atoms with Crippen LogP contribution in [0.5, 0.6) is 0 Å². The van der Waals surface area contributed by atoms with Gasteiger partial charge in [0.2, 0.25) is 0 Å². The molecule has 2 aromatic rings. The highest BCUT2D eigenvalue weighted by atomic mass is 32.2. The zero-order valence-corrected chi connectivity index (χ0v) is 16.8. The van der Waals surface area contributed by atoms with Crippen molar-refractivity contribution in [2.75, 3.05) is 12.3 Å². The highest BCUT2D eigenvalue weighted by Gasteiger charge is 2.29. The zero-order chi connectivity index (χ0) is 19.4. The molecule has 1 saturated heterocycles. The highest BCUT2D eigenvalue weighted by molar-refractivity contribution is 7.91. The second-order valence-corrected chi connectivity index (χ2v) is 9.23. The number of carbonyl (C=O) groups excluding carboxylic acids is 1. The molecule has 6 heteroatoms. The average Bonchev–Trinajstić information content (AvgIpc) is 3.04. The van der Waals surface area contributed by atoms with Crippen LogP contribution in [0.3, 0.4) is 0 Å². The van der Waals surface area contributed by atoms with E-state index in [4.69, 9.17) is 4.42 Å². The summed E-state index contributed by atoms with van der Waals surface area (Å²) < 4.78 is 29.9. The highest BCUT2D eigenvalue weighted by Crippen LogP contribution is 2.32. The van der Waals surface area contributed by atoms with Gasteiger partial charge in [-0.2, -0.15) is 0 Å². The van der Waals surface area contributed by atoms with E-state index in [1.807, 2.05) is 24.0 Å². The van der Waals surface area contributed by atoms with Crippen LogP contribution in [0.2, 0.25) is 0 Å². The van der Waals surface area contributed by atoms with Crippen LogP contribution in [0.15, 0.2) is 45.7 Å². The standard InChI is InChI=1S/C21H27NO4S/c1-3-17-11-14-20(26-17)19-8-6-5-7-15-22(19)21(23)16-9-12-18(13-10-16)27(24,25)4-2/h9-14,19H,3-8,15H2,1-2H3. The summed E-state index contributed by atoms with van der Waals surface area (Å²) in [4.78, 5) is 15.3. The van der Waals surface area contributed by atoms with E-state index in [1.165, 1.54) is 12.1 Å². The lowest BCUT2D eigenvalue weighted by molar-refractivity contribution is 0.0657. The maximum Gasteiger partial charge on any atom is 0.254 e. The fourth-order valence-electron chi connectivity index (χ4n) is 3.55. The predicted octanol–water partition coefficient (Wildman–Crippen LogP) is 4.39. The van der Waals surface area contributed by atoms with E-state index in [2.05, 4.69) is 0 Å². The summed E-state index contributed by atoms with van der Waals surface area (Å²) in [5.41, 5.74) is 0.513. The summed E-state index contributed by atoms with van der Waals surface area (Å²) in [5.74, 6) is 1.74. The third kappa shape index (κ3) is 4.26. The molecule has 3 rings (SSSR count). The molecule has 1 aliphatic heterocycles. The Morgan fingerprint density at radius 2 is 1.81 bits per heavy atom. The van der Waals surface area contributed by atoms with Gasteiger partial charge in [0.15, 0.2) is 9.84 Å². The lowest BCUT2D eigenvalue weighted by Gasteiger charge is -2.29. The van der Waals surface area contributed by atoms with Crippen LogP contribution in [0, 0.1) is 0 Å². The lowest BCUT2D eigenvalue weighted by atomic mass is 10.1. The molecule has 0 aliphatic carbocycles. The SMILES string of the molecule is CCc1ccc(C2CCCCCN2C(=O)c2ccc(S(=O)(=O)CC)cc2)o1. The van der Waals surface area contributed by atoms with Gasteiger partial charge in [0, 0.05) is 18.5 Å². The molecule has 1 aliphatic rings. The molecule has 0 bridgehead atoms. The molecule has 1 fully saturated rings. The first-order valence-electron chi connectivity index (χ1n) is 9.68. The van der Waals surface area contributed by atoms with Crippen LogP contribution in [0.4, 0.5) is 0 Å². The number of likely N-dealkylation sites (tertiary alicyclic amines) is 1. The Bertz CT molecular complexity index is 883. The summed E-state index contributed by atoms with van der Waals surface area (Å²) in [6.45, 7) is 4.34. The van der Waals surface area contributed by atoms with Crippen molar-refractivity contribution in [1.29, 1.82) is 0 Å². The number of furan rings is 1. The van der Waals surface area contributed by atoms with E-state index in [1.54, 1.807) is 19.1 Å². The molecular formula is C21H27NO4S. The number of amides is 1. The molecule has 27 heavy (non-hydrogen) atoms. The van der Waals surface area contributed by atoms with E-state index in [9.17, 15) is 13.2 Å². The first-order chi connectivity index (χ1) is 13.0. The second kappa shape index (κ2) is 8.30. The molecule has 0 N–H and O–H groups in total. The van der Waals surface area contributed by atoms with E-state index in [0.717, 1.165) is 43.6 Å². The Morgan fingerprint density at radius 3 is 2.44 bits per heavy atom. The zero-order valence-electron chi connectivity index (χ0n) is 16.0. The molecule has 1 unspecified atom stereocenters. The van der Waals surface area contributed by atoms with Gasteiger partial charge in [-0.25, -0.2) is 8.42 Å². The molecule has 5 nitrogen and oxygen atoms in total. The predicted molar refractivity (Wildman–Crippen MR) is 105 cm³/mol. The molecule has 0 radical (unpaired) electrons. The first-order valence-corrected chi connectivity index (χ1v) is 11.3. The normalized spacial score (nSPS) is 18.3. The molecule has 1 aromatic carbocycles. The second-order valence-electron chi connectivity index (χ2n) is 6.95. The maximum atomic E-state index is 13.2. The third-order valence-electron chi connectivity index (χ3n) is 5.21. The molecule has 0 spiro atoms. The number of rotatable bonds is 5. The Balaban J connectivity index is 1.87. The van der Waals surface area contributed by atoms with Gasteiger partial charge in [0.05, 0.1) is 16.7 Å². The quantitative estimate of drug-likeness (QED) is 0.760. The van der Waals surface area contributed by atoms with Gasteiger partial charge in [-0.05, 0) is 49.2 Å². The molecule has 146 valence electrons. The topological polar surface area (TPSA) is 67.6 Å². The van der Waals surface area contributed by atoms with Gasteiger partial charge in [-0.3, -0.25) is 4.79 Å². The fourth-order valence-corrected chi connectivity index (χ4v) is 4.43. The summed E-state index contributed by atoms with van der Waals surface area (Å²) in [6.07, 6.45) is 4.82. The number of hydrogen-bond donors (Lipinski definition) is 0. The minimum Gasteiger partial charge on any atom is -0.464 e. The van der Waals surface area contributed by atoms with Crippen LogP contribution < -0.4 is 0 Å². The van der Waals surface area contributed by atoms with Crippen LogP contribution >= 0.6 is 0 Å². The number of sulfone groups is 1. The Labute approximate surface area is 161 Å². The minimum absolute atomic E-state index is 0.0484. The number of nitrogens with zero attached hydrogens (tertiary/aromatic N) is 1. The summed E-state index contributed by atoms with van der Waals surface area (Å²) in [7, 11) is -3.27. The molecule has 1 atom stereocenters. The first kappa shape index (κ1) is 19.7. The van der Waals surface area contributed by atoms with Crippen LogP contribution in [0.25, 0.3) is 0 Å². The van der Waals surface area contributed by atoms with Crippen LogP contribution in [-0.2, 0) is 16.3 Å². The average molecular weight is 390 g/mol. The van der Waals surface area contributed by atoms with E-state index < -0.39 is 9.84 Å². The molecular weight excluding hydrogens is 362 g/mol. The van der Waals surface area contributed by atoms with Gasteiger partial charge in [-0.1, -0.05) is 26.7 Å². The fraction of sp³-hybridized carbons (Fsp3) is 0.476. The van der Waals surface area contributed by atoms with Crippen LogP contribution in [0.1, 0.15) is 67.5 Å². The number of hydrogen-bond acceptors (Lipinski definition) is 4. The van der Waals surface area contributed by atoms with Crippen molar-refractivity contribution in [3.05, 3.63) is 53.5 Å².